The molecule has 0 fully saturated rings. The highest BCUT2D eigenvalue weighted by molar-refractivity contribution is 5.27. The lowest BCUT2D eigenvalue weighted by Crippen LogP contribution is -2.23. The Kier molecular flexibility index (Phi) is 4.67. The molecule has 1 aromatic carbocycles. The Labute approximate surface area is 102 Å². The van der Waals surface area contributed by atoms with Gasteiger partial charge < -0.3 is 5.73 Å². The largest absolute Gasteiger partial charge is 0.324 e. The molecule has 2 N–H and O–H groups in total. The van der Waals surface area contributed by atoms with Crippen LogP contribution in [0.5, 0.6) is 0 Å². The number of benzene rings is 1. The molecule has 6 heteroatoms. The van der Waals surface area contributed by atoms with Gasteiger partial charge >= 0.3 is 0 Å². The second kappa shape index (κ2) is 5.65. The van der Waals surface area contributed by atoms with E-state index in [0.717, 1.165) is 0 Å². The maximum absolute atomic E-state index is 13.5. The Balaban J connectivity index is 3.32. The van der Waals surface area contributed by atoms with Gasteiger partial charge in [0.15, 0.2) is 23.3 Å². The Hall–Kier alpha value is -1.17. The van der Waals surface area contributed by atoms with Crippen molar-refractivity contribution < 1.29 is 22.0 Å². The summed E-state index contributed by atoms with van der Waals surface area (Å²) in [5.74, 6) is -10.2. The van der Waals surface area contributed by atoms with E-state index in [1.807, 2.05) is 6.92 Å². The van der Waals surface area contributed by atoms with Gasteiger partial charge in [-0.25, -0.2) is 22.0 Å². The van der Waals surface area contributed by atoms with Gasteiger partial charge in [0.1, 0.15) is 0 Å². The molecule has 1 rings (SSSR count). The minimum absolute atomic E-state index is 0.386. The average Bonchev–Trinajstić information content (AvgIpc) is 2.34. The monoisotopic (exact) mass is 267 g/mol. The van der Waals surface area contributed by atoms with Crippen LogP contribution in [0.2, 0.25) is 0 Å². The lowest BCUT2D eigenvalue weighted by Gasteiger charge is -2.21. The zero-order valence-electron chi connectivity index (χ0n) is 10.0. The van der Waals surface area contributed by atoms with Crippen LogP contribution >= 0.6 is 0 Å². The van der Waals surface area contributed by atoms with E-state index >= 15 is 0 Å². The lowest BCUT2D eigenvalue weighted by molar-refractivity contribution is 0.343. The molecular weight excluding hydrogens is 253 g/mol. The van der Waals surface area contributed by atoms with Gasteiger partial charge in [-0.05, 0) is 12.3 Å². The van der Waals surface area contributed by atoms with Crippen LogP contribution in [0.15, 0.2) is 0 Å². The quantitative estimate of drug-likeness (QED) is 0.501. The Morgan fingerprint density at radius 1 is 0.889 bits per heavy atom. The van der Waals surface area contributed by atoms with Crippen LogP contribution in [-0.4, -0.2) is 0 Å². The first kappa shape index (κ1) is 14.9. The van der Waals surface area contributed by atoms with Crippen LogP contribution in [0.25, 0.3) is 0 Å². The van der Waals surface area contributed by atoms with Crippen molar-refractivity contribution in [3.8, 4) is 0 Å². The third kappa shape index (κ3) is 2.48. The summed E-state index contributed by atoms with van der Waals surface area (Å²) in [6.45, 7) is 3.44. The molecule has 0 saturated heterocycles. The van der Waals surface area contributed by atoms with Crippen molar-refractivity contribution in [1.29, 1.82) is 0 Å². The van der Waals surface area contributed by atoms with Gasteiger partial charge in [0, 0.05) is 11.6 Å². The molecule has 0 aliphatic carbocycles. The molecular formula is C12H14F5N. The lowest BCUT2D eigenvalue weighted by atomic mass is 9.91. The zero-order chi connectivity index (χ0) is 14.0. The van der Waals surface area contributed by atoms with E-state index in [-0.39, 0.29) is 5.92 Å². The van der Waals surface area contributed by atoms with Gasteiger partial charge in [0.2, 0.25) is 5.82 Å². The third-order valence-corrected chi connectivity index (χ3v) is 2.93. The van der Waals surface area contributed by atoms with Gasteiger partial charge in [0.25, 0.3) is 0 Å². The number of hydrogen-bond acceptors (Lipinski definition) is 1. The van der Waals surface area contributed by atoms with Gasteiger partial charge in [-0.3, -0.25) is 0 Å². The van der Waals surface area contributed by atoms with Crippen molar-refractivity contribution in [2.45, 2.75) is 32.7 Å². The fourth-order valence-corrected chi connectivity index (χ4v) is 1.83. The van der Waals surface area contributed by atoms with Crippen molar-refractivity contribution in [3.63, 3.8) is 0 Å². The minimum Gasteiger partial charge on any atom is -0.324 e. The SMILES string of the molecule is CCCC(C)C(N)c1c(F)c(F)c(F)c(F)c1F. The van der Waals surface area contributed by atoms with E-state index in [9.17, 15) is 22.0 Å². The fraction of sp³-hybridized carbons (Fsp3) is 0.500. The highest BCUT2D eigenvalue weighted by atomic mass is 19.2. The van der Waals surface area contributed by atoms with Crippen molar-refractivity contribution in [2.75, 3.05) is 0 Å². The number of nitrogens with two attached hydrogens (primary N) is 1. The van der Waals surface area contributed by atoms with E-state index < -0.39 is 40.7 Å². The fourth-order valence-electron chi connectivity index (χ4n) is 1.83. The molecule has 2 unspecified atom stereocenters. The molecule has 0 saturated carbocycles. The molecule has 1 nitrogen and oxygen atoms in total. The summed E-state index contributed by atoms with van der Waals surface area (Å²) in [5, 5.41) is 0. The molecule has 0 aromatic heterocycles. The molecule has 2 atom stereocenters. The predicted molar refractivity (Wildman–Crippen MR) is 57.2 cm³/mol. The van der Waals surface area contributed by atoms with Crippen LogP contribution in [0.1, 0.15) is 38.3 Å². The molecule has 0 aliphatic heterocycles. The molecule has 0 heterocycles. The maximum atomic E-state index is 13.5. The maximum Gasteiger partial charge on any atom is 0.200 e. The number of rotatable bonds is 4. The Morgan fingerprint density at radius 3 is 1.67 bits per heavy atom. The number of halogens is 5. The first-order chi connectivity index (χ1) is 8.32. The summed E-state index contributed by atoms with van der Waals surface area (Å²) in [6, 6.07) is -1.23. The average molecular weight is 267 g/mol. The predicted octanol–water partition coefficient (Wildman–Crippen LogP) is 3.82. The topological polar surface area (TPSA) is 26.0 Å². The molecule has 0 amide bonds. The highest BCUT2D eigenvalue weighted by Crippen LogP contribution is 2.31. The van der Waals surface area contributed by atoms with E-state index in [1.54, 1.807) is 6.92 Å². The van der Waals surface area contributed by atoms with Crippen LogP contribution in [0.3, 0.4) is 0 Å². The summed E-state index contributed by atoms with van der Waals surface area (Å²) >= 11 is 0. The van der Waals surface area contributed by atoms with Crippen LogP contribution in [0, 0.1) is 35.0 Å². The second-order valence-electron chi connectivity index (χ2n) is 4.28. The van der Waals surface area contributed by atoms with Crippen molar-refractivity contribution in [3.05, 3.63) is 34.6 Å². The van der Waals surface area contributed by atoms with E-state index in [1.165, 1.54) is 0 Å². The summed E-state index contributed by atoms with van der Waals surface area (Å²) in [6.07, 6.45) is 1.23. The second-order valence-corrected chi connectivity index (χ2v) is 4.28. The molecule has 18 heavy (non-hydrogen) atoms. The summed E-state index contributed by atoms with van der Waals surface area (Å²) in [7, 11) is 0. The van der Waals surface area contributed by atoms with E-state index in [0.29, 0.717) is 12.8 Å². The summed E-state index contributed by atoms with van der Waals surface area (Å²) in [4.78, 5) is 0. The first-order valence-electron chi connectivity index (χ1n) is 5.59. The molecule has 0 spiro atoms. The Morgan fingerprint density at radius 2 is 1.28 bits per heavy atom. The van der Waals surface area contributed by atoms with Gasteiger partial charge in [0.05, 0.1) is 0 Å². The summed E-state index contributed by atoms with van der Waals surface area (Å²) in [5.41, 5.74) is 4.64. The number of hydrogen-bond donors (Lipinski definition) is 1. The molecule has 0 aliphatic rings. The molecule has 102 valence electrons. The van der Waals surface area contributed by atoms with Crippen LogP contribution in [-0.2, 0) is 0 Å². The van der Waals surface area contributed by atoms with Crippen LogP contribution in [0.4, 0.5) is 22.0 Å². The van der Waals surface area contributed by atoms with Crippen molar-refractivity contribution in [1.82, 2.24) is 0 Å². The first-order valence-corrected chi connectivity index (χ1v) is 5.59. The zero-order valence-corrected chi connectivity index (χ0v) is 10.0. The third-order valence-electron chi connectivity index (χ3n) is 2.93. The van der Waals surface area contributed by atoms with Gasteiger partial charge in [-0.2, -0.15) is 0 Å². The smallest absolute Gasteiger partial charge is 0.200 e. The minimum atomic E-state index is -2.16. The molecule has 0 bridgehead atoms. The van der Waals surface area contributed by atoms with Crippen molar-refractivity contribution in [2.24, 2.45) is 11.7 Å². The standard InChI is InChI=1S/C12H14F5N/c1-3-4-5(2)12(18)6-7(13)9(15)11(17)10(16)8(6)14/h5,12H,3-4,18H2,1-2H3. The molecule has 1 aromatic rings. The van der Waals surface area contributed by atoms with E-state index in [4.69, 9.17) is 5.73 Å². The van der Waals surface area contributed by atoms with Gasteiger partial charge in [-0.15, -0.1) is 0 Å². The normalized spacial score (nSPS) is 14.7. The van der Waals surface area contributed by atoms with Crippen LogP contribution < -0.4 is 5.73 Å². The summed E-state index contributed by atoms with van der Waals surface area (Å²) < 4.78 is 65.7. The van der Waals surface area contributed by atoms with E-state index in [2.05, 4.69) is 0 Å². The molecule has 0 radical (unpaired) electrons. The highest BCUT2D eigenvalue weighted by Gasteiger charge is 2.30. The van der Waals surface area contributed by atoms with Gasteiger partial charge in [-0.1, -0.05) is 20.3 Å². The Bertz CT molecular complexity index is 418. The van der Waals surface area contributed by atoms with Crippen molar-refractivity contribution >= 4 is 0 Å².